The number of sulfone groups is 1. The summed E-state index contributed by atoms with van der Waals surface area (Å²) in [7, 11) is -3.51. The van der Waals surface area contributed by atoms with Gasteiger partial charge in [-0.2, -0.15) is 0 Å². The summed E-state index contributed by atoms with van der Waals surface area (Å²) in [6.07, 6.45) is 0. The number of halogens is 1. The zero-order valence-electron chi connectivity index (χ0n) is 9.57. The molecule has 4 nitrogen and oxygen atoms in total. The second-order valence-corrected chi connectivity index (χ2v) is 5.76. The van der Waals surface area contributed by atoms with E-state index < -0.39 is 15.8 Å². The Bertz CT molecular complexity index is 513. The van der Waals surface area contributed by atoms with Crippen molar-refractivity contribution in [3.05, 3.63) is 29.3 Å². The quantitative estimate of drug-likeness (QED) is 0.448. The minimum Gasteiger partial charge on any atom is -0.545 e. The molecule has 7 heteroatoms. The molecule has 1 aromatic carbocycles. The first-order valence-electron chi connectivity index (χ1n) is 4.49. The second kappa shape index (κ2) is 6.75. The van der Waals surface area contributed by atoms with Crippen molar-refractivity contribution in [2.75, 3.05) is 11.6 Å². The van der Waals surface area contributed by atoms with Crippen molar-refractivity contribution >= 4 is 27.4 Å². The van der Waals surface area contributed by atoms with Gasteiger partial charge in [-0.05, 0) is 24.6 Å². The van der Waals surface area contributed by atoms with E-state index in [-0.39, 0.29) is 51.6 Å². The largest absolute Gasteiger partial charge is 1.00 e. The number of benzene rings is 1. The number of carboxylic acids is 1. The number of aromatic carboxylic acids is 1. The van der Waals surface area contributed by atoms with E-state index in [2.05, 4.69) is 0 Å². The molecule has 0 N–H and O–H groups in total. The van der Waals surface area contributed by atoms with Crippen LogP contribution in [0, 0.1) is 6.92 Å². The van der Waals surface area contributed by atoms with Gasteiger partial charge in [-0.15, -0.1) is 11.6 Å². The van der Waals surface area contributed by atoms with Crippen LogP contribution in [-0.2, 0) is 9.84 Å². The average Bonchev–Trinajstić information content (AvgIpc) is 2.17. The van der Waals surface area contributed by atoms with Gasteiger partial charge in [0.05, 0.1) is 16.6 Å². The third-order valence-corrected chi connectivity index (χ3v) is 4.26. The van der Waals surface area contributed by atoms with E-state index in [0.29, 0.717) is 5.56 Å². The standard InChI is InChI=1S/C10H11ClO4S.Na/c1-7-2-3-8(6-9(7)10(12)13)16(14,15)5-4-11;/h2-3,6H,4-5H2,1H3,(H,12,13);/q;+1/p-1. The molecule has 0 bridgehead atoms. The Hall–Kier alpha value is -0.0700. The van der Waals surface area contributed by atoms with Gasteiger partial charge < -0.3 is 9.90 Å². The molecule has 0 aliphatic rings. The number of carboxylic acid groups (broad SMARTS) is 1. The van der Waals surface area contributed by atoms with E-state index in [1.165, 1.54) is 12.1 Å². The van der Waals surface area contributed by atoms with E-state index in [0.717, 1.165) is 6.07 Å². The summed E-state index contributed by atoms with van der Waals surface area (Å²) in [4.78, 5) is 10.7. The minimum atomic E-state index is -3.51. The first kappa shape index (κ1) is 16.9. The topological polar surface area (TPSA) is 74.3 Å². The third kappa shape index (κ3) is 4.26. The summed E-state index contributed by atoms with van der Waals surface area (Å²) in [5, 5.41) is 10.7. The van der Waals surface area contributed by atoms with Crippen molar-refractivity contribution in [1.29, 1.82) is 0 Å². The van der Waals surface area contributed by atoms with Gasteiger partial charge in [-0.3, -0.25) is 0 Å². The first-order chi connectivity index (χ1) is 7.38. The molecule has 0 heterocycles. The fourth-order valence-corrected chi connectivity index (χ4v) is 2.85. The zero-order chi connectivity index (χ0) is 12.3. The number of carbonyl (C=O) groups excluding carboxylic acids is 1. The minimum absolute atomic E-state index is 0. The molecule has 0 aliphatic heterocycles. The van der Waals surface area contributed by atoms with Crippen LogP contribution in [0.3, 0.4) is 0 Å². The fraction of sp³-hybridized carbons (Fsp3) is 0.300. The predicted octanol–water partition coefficient (Wildman–Crippen LogP) is -2.62. The van der Waals surface area contributed by atoms with Crippen molar-refractivity contribution in [3.63, 3.8) is 0 Å². The van der Waals surface area contributed by atoms with Crippen molar-refractivity contribution in [2.24, 2.45) is 0 Å². The van der Waals surface area contributed by atoms with Crippen molar-refractivity contribution in [2.45, 2.75) is 11.8 Å². The van der Waals surface area contributed by atoms with Crippen LogP contribution in [0.4, 0.5) is 0 Å². The van der Waals surface area contributed by atoms with Crippen molar-refractivity contribution < 1.29 is 47.9 Å². The molecule has 0 amide bonds. The Morgan fingerprint density at radius 1 is 1.41 bits per heavy atom. The predicted molar refractivity (Wildman–Crippen MR) is 58.3 cm³/mol. The number of hydrogen-bond acceptors (Lipinski definition) is 4. The number of alkyl halides is 1. The Morgan fingerprint density at radius 3 is 2.47 bits per heavy atom. The van der Waals surface area contributed by atoms with Crippen LogP contribution < -0.4 is 34.7 Å². The molecule has 1 aromatic rings. The Labute approximate surface area is 127 Å². The molecule has 0 saturated heterocycles. The summed E-state index contributed by atoms with van der Waals surface area (Å²) in [5.41, 5.74) is 0.348. The van der Waals surface area contributed by atoms with Gasteiger partial charge in [0, 0.05) is 11.4 Å². The van der Waals surface area contributed by atoms with Crippen molar-refractivity contribution in [3.8, 4) is 0 Å². The molecule has 0 aromatic heterocycles. The summed E-state index contributed by atoms with van der Waals surface area (Å²) >= 11 is 5.36. The molecular formula is C10H10ClNaO4S. The molecule has 0 unspecified atom stereocenters. The summed E-state index contributed by atoms with van der Waals surface area (Å²) in [5.74, 6) is -1.64. The zero-order valence-corrected chi connectivity index (χ0v) is 13.1. The third-order valence-electron chi connectivity index (χ3n) is 2.13. The molecule has 0 saturated carbocycles. The van der Waals surface area contributed by atoms with Crippen LogP contribution in [0.2, 0.25) is 0 Å². The first-order valence-corrected chi connectivity index (χ1v) is 6.68. The van der Waals surface area contributed by atoms with E-state index in [1.54, 1.807) is 6.92 Å². The number of aryl methyl sites for hydroxylation is 1. The normalized spacial score (nSPS) is 10.7. The average molecular weight is 285 g/mol. The van der Waals surface area contributed by atoms with Crippen LogP contribution in [0.5, 0.6) is 0 Å². The Balaban J connectivity index is 0.00000256. The molecule has 0 radical (unpaired) electrons. The van der Waals surface area contributed by atoms with Gasteiger partial charge in [0.2, 0.25) is 0 Å². The van der Waals surface area contributed by atoms with Gasteiger partial charge in [0.15, 0.2) is 9.84 Å². The van der Waals surface area contributed by atoms with Crippen LogP contribution >= 0.6 is 11.6 Å². The van der Waals surface area contributed by atoms with Gasteiger partial charge in [0.1, 0.15) is 0 Å². The summed E-state index contributed by atoms with van der Waals surface area (Å²) in [6, 6.07) is 3.91. The van der Waals surface area contributed by atoms with Crippen LogP contribution in [-0.4, -0.2) is 26.0 Å². The number of carbonyl (C=O) groups is 1. The monoisotopic (exact) mass is 284 g/mol. The molecule has 88 valence electrons. The maximum absolute atomic E-state index is 11.6. The fourth-order valence-electron chi connectivity index (χ4n) is 1.23. The molecule has 17 heavy (non-hydrogen) atoms. The molecule has 0 spiro atoms. The molecule has 1 rings (SSSR count). The summed E-state index contributed by atoms with van der Waals surface area (Å²) < 4.78 is 23.2. The van der Waals surface area contributed by atoms with E-state index in [4.69, 9.17) is 11.6 Å². The van der Waals surface area contributed by atoms with E-state index >= 15 is 0 Å². The van der Waals surface area contributed by atoms with Gasteiger partial charge in [-0.1, -0.05) is 6.07 Å². The second-order valence-electron chi connectivity index (χ2n) is 3.27. The van der Waals surface area contributed by atoms with Gasteiger partial charge in [-0.25, -0.2) is 8.42 Å². The van der Waals surface area contributed by atoms with Crippen molar-refractivity contribution in [1.82, 2.24) is 0 Å². The molecule has 0 aliphatic carbocycles. The summed E-state index contributed by atoms with van der Waals surface area (Å²) in [6.45, 7) is 1.57. The van der Waals surface area contributed by atoms with E-state index in [1.807, 2.05) is 0 Å². The van der Waals surface area contributed by atoms with Gasteiger partial charge in [0.25, 0.3) is 0 Å². The number of hydrogen-bond donors (Lipinski definition) is 0. The molecule has 0 atom stereocenters. The SMILES string of the molecule is Cc1ccc(S(=O)(=O)CCCl)cc1C(=O)[O-].[Na+]. The van der Waals surface area contributed by atoms with E-state index in [9.17, 15) is 18.3 Å². The van der Waals surface area contributed by atoms with Crippen LogP contribution in [0.1, 0.15) is 15.9 Å². The Morgan fingerprint density at radius 2 is 2.00 bits per heavy atom. The van der Waals surface area contributed by atoms with Gasteiger partial charge >= 0.3 is 29.6 Å². The smallest absolute Gasteiger partial charge is 0.545 e. The van der Waals surface area contributed by atoms with Crippen LogP contribution in [0.15, 0.2) is 23.1 Å². The number of rotatable bonds is 4. The van der Waals surface area contributed by atoms with Crippen LogP contribution in [0.25, 0.3) is 0 Å². The maximum atomic E-state index is 11.6. The Kier molecular flexibility index (Phi) is 6.73. The molecule has 0 fully saturated rings. The maximum Gasteiger partial charge on any atom is 1.00 e. The molecular weight excluding hydrogens is 275 g/mol.